The van der Waals surface area contributed by atoms with Gasteiger partial charge in [0.2, 0.25) is 0 Å². The van der Waals surface area contributed by atoms with Gasteiger partial charge in [-0.25, -0.2) is 0 Å². The van der Waals surface area contributed by atoms with Gasteiger partial charge in [-0.05, 0) is 36.8 Å². The van der Waals surface area contributed by atoms with Crippen molar-refractivity contribution in [3.8, 4) is 0 Å². The first-order chi connectivity index (χ1) is 8.67. The summed E-state index contributed by atoms with van der Waals surface area (Å²) in [6.07, 6.45) is 10.6. The Morgan fingerprint density at radius 3 is 2.39 bits per heavy atom. The number of allylic oxidation sites excluding steroid dienone is 2. The normalized spacial score (nSPS) is 24.9. The summed E-state index contributed by atoms with van der Waals surface area (Å²) in [5.74, 6) is 1.81. The summed E-state index contributed by atoms with van der Waals surface area (Å²) in [6, 6.07) is 0. The van der Waals surface area contributed by atoms with Crippen LogP contribution in [0.3, 0.4) is 0 Å². The van der Waals surface area contributed by atoms with Crippen molar-refractivity contribution < 1.29 is 0 Å². The smallest absolute Gasteiger partial charge is 0.0379 e. The maximum Gasteiger partial charge on any atom is 0.0379 e. The highest BCUT2D eigenvalue weighted by molar-refractivity contribution is 6.31. The molecule has 1 saturated carbocycles. The quantitative estimate of drug-likeness (QED) is 0.662. The van der Waals surface area contributed by atoms with Crippen LogP contribution in [0.1, 0.15) is 39.0 Å². The van der Waals surface area contributed by atoms with Crippen molar-refractivity contribution in [2.75, 3.05) is 13.1 Å². The third-order valence-electron chi connectivity index (χ3n) is 3.96. The summed E-state index contributed by atoms with van der Waals surface area (Å²) in [7, 11) is 0. The van der Waals surface area contributed by atoms with Crippen molar-refractivity contribution in [3.63, 3.8) is 0 Å². The molecule has 1 nitrogen and oxygen atoms in total. The zero-order chi connectivity index (χ0) is 13.4. The van der Waals surface area contributed by atoms with Gasteiger partial charge < -0.3 is 5.32 Å². The van der Waals surface area contributed by atoms with Crippen LogP contribution in [0.4, 0.5) is 0 Å². The second-order valence-corrected chi connectivity index (χ2v) is 5.71. The molecule has 1 fully saturated rings. The number of hydrogen-bond donors (Lipinski definition) is 1. The first kappa shape index (κ1) is 15.5. The molecular formula is C16H26ClN. The lowest BCUT2D eigenvalue weighted by molar-refractivity contribution is 0.264. The Morgan fingerprint density at radius 1 is 1.28 bits per heavy atom. The van der Waals surface area contributed by atoms with Crippen molar-refractivity contribution in [1.29, 1.82) is 0 Å². The topological polar surface area (TPSA) is 12.0 Å². The lowest BCUT2D eigenvalue weighted by Crippen LogP contribution is -2.27. The maximum absolute atomic E-state index is 5.93. The molecule has 0 amide bonds. The molecule has 1 aliphatic carbocycles. The molecule has 18 heavy (non-hydrogen) atoms. The van der Waals surface area contributed by atoms with Gasteiger partial charge in [0.15, 0.2) is 0 Å². The molecule has 0 radical (unpaired) electrons. The van der Waals surface area contributed by atoms with Crippen molar-refractivity contribution in [3.05, 3.63) is 35.9 Å². The van der Waals surface area contributed by atoms with Crippen LogP contribution in [0, 0.1) is 11.8 Å². The second kappa shape index (κ2) is 8.55. The average Bonchev–Trinajstić information content (AvgIpc) is 2.38. The molecule has 1 N–H and O–H groups in total. The van der Waals surface area contributed by atoms with Gasteiger partial charge in [-0.3, -0.25) is 0 Å². The van der Waals surface area contributed by atoms with Crippen LogP contribution in [0.25, 0.3) is 0 Å². The molecule has 1 aliphatic rings. The fourth-order valence-corrected chi connectivity index (χ4v) is 2.77. The Bertz CT molecular complexity index is 298. The molecular weight excluding hydrogens is 242 g/mol. The van der Waals surface area contributed by atoms with Crippen molar-refractivity contribution >= 4 is 11.6 Å². The molecule has 0 aromatic rings. The molecule has 0 heterocycles. The van der Waals surface area contributed by atoms with Gasteiger partial charge in [-0.1, -0.05) is 63.1 Å². The lowest BCUT2D eigenvalue weighted by Gasteiger charge is -2.28. The Labute approximate surface area is 117 Å². The summed E-state index contributed by atoms with van der Waals surface area (Å²) < 4.78 is 0. The van der Waals surface area contributed by atoms with Gasteiger partial charge >= 0.3 is 0 Å². The van der Waals surface area contributed by atoms with E-state index >= 15 is 0 Å². The van der Waals surface area contributed by atoms with E-state index in [2.05, 4.69) is 25.4 Å². The highest BCUT2D eigenvalue weighted by atomic mass is 35.5. The average molecular weight is 268 g/mol. The standard InChI is InChI=1S/C16H26ClN/c1-4-6-16(13(3)17)12-18-11-15-9-7-14(5-2)8-10-15/h4,6,14-15,18H,1,3,5,7-12H2,2H3/b16-6-. The fraction of sp³-hybridized carbons (Fsp3) is 0.625. The van der Waals surface area contributed by atoms with E-state index in [-0.39, 0.29) is 0 Å². The monoisotopic (exact) mass is 267 g/mol. The molecule has 2 heteroatoms. The van der Waals surface area contributed by atoms with Gasteiger partial charge in [0.05, 0.1) is 0 Å². The molecule has 102 valence electrons. The molecule has 0 aliphatic heterocycles. The van der Waals surface area contributed by atoms with E-state index in [1.54, 1.807) is 6.08 Å². The molecule has 0 bridgehead atoms. The van der Waals surface area contributed by atoms with Crippen LogP contribution < -0.4 is 5.32 Å². The number of hydrogen-bond acceptors (Lipinski definition) is 1. The first-order valence-corrected chi connectivity index (χ1v) is 7.42. The summed E-state index contributed by atoms with van der Waals surface area (Å²) in [6.45, 7) is 11.7. The van der Waals surface area contributed by atoms with Crippen molar-refractivity contribution in [1.82, 2.24) is 5.32 Å². The molecule has 1 rings (SSSR count). The minimum atomic E-state index is 0.608. The lowest BCUT2D eigenvalue weighted by atomic mass is 9.81. The number of rotatable bonds is 7. The Morgan fingerprint density at radius 2 is 1.89 bits per heavy atom. The van der Waals surface area contributed by atoms with Crippen LogP contribution in [0.5, 0.6) is 0 Å². The third kappa shape index (κ3) is 5.41. The highest BCUT2D eigenvalue weighted by Crippen LogP contribution is 2.30. The molecule has 0 spiro atoms. The number of halogens is 1. The predicted octanol–water partition coefficient (Wildman–Crippen LogP) is 4.66. The third-order valence-corrected chi connectivity index (χ3v) is 4.20. The van der Waals surface area contributed by atoms with E-state index in [1.807, 2.05) is 6.08 Å². The summed E-state index contributed by atoms with van der Waals surface area (Å²) in [4.78, 5) is 0. The fourth-order valence-electron chi connectivity index (χ4n) is 2.64. The van der Waals surface area contributed by atoms with Crippen LogP contribution in [0.15, 0.2) is 35.9 Å². The number of nitrogens with one attached hydrogen (secondary N) is 1. The molecule has 0 atom stereocenters. The van der Waals surface area contributed by atoms with E-state index in [1.165, 1.54) is 32.1 Å². The van der Waals surface area contributed by atoms with Crippen LogP contribution in [-0.2, 0) is 0 Å². The largest absolute Gasteiger partial charge is 0.312 e. The minimum absolute atomic E-state index is 0.608. The Kier molecular flexibility index (Phi) is 7.38. The van der Waals surface area contributed by atoms with E-state index in [4.69, 9.17) is 11.6 Å². The minimum Gasteiger partial charge on any atom is -0.312 e. The van der Waals surface area contributed by atoms with E-state index < -0.39 is 0 Å². The van der Waals surface area contributed by atoms with Crippen LogP contribution >= 0.6 is 11.6 Å². The van der Waals surface area contributed by atoms with Crippen molar-refractivity contribution in [2.45, 2.75) is 39.0 Å². The zero-order valence-corrected chi connectivity index (χ0v) is 12.3. The van der Waals surface area contributed by atoms with Gasteiger partial charge in [-0.2, -0.15) is 0 Å². The van der Waals surface area contributed by atoms with Gasteiger partial charge in [0, 0.05) is 11.6 Å². The predicted molar refractivity (Wildman–Crippen MR) is 81.9 cm³/mol. The SMILES string of the molecule is C=C/C=C(/CNCC1CCC(CC)CC1)C(=C)Cl. The molecule has 0 saturated heterocycles. The van der Waals surface area contributed by atoms with E-state index in [9.17, 15) is 0 Å². The highest BCUT2D eigenvalue weighted by Gasteiger charge is 2.19. The van der Waals surface area contributed by atoms with Gasteiger partial charge in [-0.15, -0.1) is 0 Å². The molecule has 0 aromatic heterocycles. The summed E-state index contributed by atoms with van der Waals surface area (Å²) >= 11 is 5.93. The van der Waals surface area contributed by atoms with E-state index in [0.717, 1.165) is 30.5 Å². The van der Waals surface area contributed by atoms with Crippen LogP contribution in [-0.4, -0.2) is 13.1 Å². The Balaban J connectivity index is 2.23. The van der Waals surface area contributed by atoms with Crippen molar-refractivity contribution in [2.24, 2.45) is 11.8 Å². The summed E-state index contributed by atoms with van der Waals surface area (Å²) in [5.41, 5.74) is 1.04. The van der Waals surface area contributed by atoms with E-state index in [0.29, 0.717) is 5.03 Å². The van der Waals surface area contributed by atoms with Gasteiger partial charge in [0.1, 0.15) is 0 Å². The summed E-state index contributed by atoms with van der Waals surface area (Å²) in [5, 5.41) is 4.10. The zero-order valence-electron chi connectivity index (χ0n) is 11.6. The Hall–Kier alpha value is -0.530. The van der Waals surface area contributed by atoms with Gasteiger partial charge in [0.25, 0.3) is 0 Å². The maximum atomic E-state index is 5.93. The second-order valence-electron chi connectivity index (χ2n) is 5.26. The molecule has 0 aromatic carbocycles. The molecule has 0 unspecified atom stereocenters. The van der Waals surface area contributed by atoms with Crippen LogP contribution in [0.2, 0.25) is 0 Å². The first-order valence-electron chi connectivity index (χ1n) is 7.04.